The van der Waals surface area contributed by atoms with Crippen molar-refractivity contribution in [3.05, 3.63) is 100 Å². The van der Waals surface area contributed by atoms with Gasteiger partial charge in [-0.3, -0.25) is 9.36 Å². The van der Waals surface area contributed by atoms with Crippen molar-refractivity contribution < 1.29 is 19.0 Å². The lowest BCUT2D eigenvalue weighted by atomic mass is 10.1. The number of ketones is 1. The lowest BCUT2D eigenvalue weighted by Crippen LogP contribution is -2.14. The topological polar surface area (TPSA) is 82.6 Å². The zero-order chi connectivity index (χ0) is 24.9. The molecule has 4 rings (SSSR count). The van der Waals surface area contributed by atoms with Crippen LogP contribution in [0.1, 0.15) is 21.5 Å². The molecule has 35 heavy (non-hydrogen) atoms. The van der Waals surface area contributed by atoms with Gasteiger partial charge in [0.1, 0.15) is 0 Å². The second-order valence-corrected chi connectivity index (χ2v) is 7.92. The van der Waals surface area contributed by atoms with Gasteiger partial charge in [-0.2, -0.15) is 0 Å². The van der Waals surface area contributed by atoms with Crippen molar-refractivity contribution >= 4 is 11.9 Å². The van der Waals surface area contributed by atoms with Crippen molar-refractivity contribution in [1.82, 2.24) is 9.55 Å². The Kier molecular flexibility index (Phi) is 6.87. The first-order valence-electron chi connectivity index (χ1n) is 10.9. The molecule has 0 fully saturated rings. The van der Waals surface area contributed by atoms with E-state index in [9.17, 15) is 9.59 Å². The number of ether oxygens (including phenoxy) is 3. The van der Waals surface area contributed by atoms with Crippen molar-refractivity contribution in [3.63, 3.8) is 0 Å². The van der Waals surface area contributed by atoms with E-state index in [-0.39, 0.29) is 11.5 Å². The molecule has 0 aliphatic carbocycles. The number of methoxy groups -OCH3 is 3. The SMILES string of the molecule is COc1cc(C=CC(=O)c2cccc(-n3cc(-c4ccc(C)cc4)[nH]c3=O)c2)cc(OC)c1OC. The molecule has 7 heteroatoms. The third-order valence-corrected chi connectivity index (χ3v) is 5.60. The van der Waals surface area contributed by atoms with Crippen molar-refractivity contribution in [2.45, 2.75) is 6.92 Å². The summed E-state index contributed by atoms with van der Waals surface area (Å²) in [5.74, 6) is 1.27. The highest BCUT2D eigenvalue weighted by Crippen LogP contribution is 2.38. The summed E-state index contributed by atoms with van der Waals surface area (Å²) in [5, 5.41) is 0. The van der Waals surface area contributed by atoms with Crippen LogP contribution in [0.5, 0.6) is 17.2 Å². The van der Waals surface area contributed by atoms with Gasteiger partial charge in [-0.15, -0.1) is 0 Å². The quantitative estimate of drug-likeness (QED) is 0.287. The molecular formula is C28H26N2O5. The molecule has 1 N–H and O–H groups in total. The van der Waals surface area contributed by atoms with Gasteiger partial charge in [0.25, 0.3) is 0 Å². The molecule has 0 saturated carbocycles. The van der Waals surface area contributed by atoms with Crippen molar-refractivity contribution in [3.8, 4) is 34.2 Å². The van der Waals surface area contributed by atoms with Crippen LogP contribution in [-0.4, -0.2) is 36.7 Å². The summed E-state index contributed by atoms with van der Waals surface area (Å²) in [6, 6.07) is 18.3. The molecule has 0 aliphatic rings. The molecule has 0 spiro atoms. The number of aromatic amines is 1. The van der Waals surface area contributed by atoms with E-state index in [4.69, 9.17) is 14.2 Å². The second kappa shape index (κ2) is 10.2. The van der Waals surface area contributed by atoms with Crippen LogP contribution in [0.2, 0.25) is 0 Å². The Bertz CT molecular complexity index is 1420. The highest BCUT2D eigenvalue weighted by Gasteiger charge is 2.13. The Morgan fingerprint density at radius 3 is 2.23 bits per heavy atom. The molecular weight excluding hydrogens is 444 g/mol. The Morgan fingerprint density at radius 1 is 0.914 bits per heavy atom. The summed E-state index contributed by atoms with van der Waals surface area (Å²) >= 11 is 0. The number of hydrogen-bond acceptors (Lipinski definition) is 5. The Morgan fingerprint density at radius 2 is 1.60 bits per heavy atom. The molecule has 1 aromatic heterocycles. The van der Waals surface area contributed by atoms with E-state index < -0.39 is 0 Å². The van der Waals surface area contributed by atoms with Crippen molar-refractivity contribution in [1.29, 1.82) is 0 Å². The van der Waals surface area contributed by atoms with Crippen molar-refractivity contribution in [2.75, 3.05) is 21.3 Å². The van der Waals surface area contributed by atoms with E-state index in [0.29, 0.717) is 39.8 Å². The summed E-state index contributed by atoms with van der Waals surface area (Å²) in [7, 11) is 4.61. The maximum Gasteiger partial charge on any atom is 0.330 e. The number of hydrogen-bond donors (Lipinski definition) is 1. The lowest BCUT2D eigenvalue weighted by molar-refractivity contribution is 0.104. The van der Waals surface area contributed by atoms with Crippen LogP contribution >= 0.6 is 0 Å². The second-order valence-electron chi connectivity index (χ2n) is 7.92. The smallest absolute Gasteiger partial charge is 0.330 e. The molecule has 7 nitrogen and oxygen atoms in total. The van der Waals surface area contributed by atoms with Crippen LogP contribution in [0.4, 0.5) is 0 Å². The summed E-state index contributed by atoms with van der Waals surface area (Å²) in [4.78, 5) is 28.4. The van der Waals surface area contributed by atoms with Crippen LogP contribution in [0.25, 0.3) is 23.0 Å². The standard InChI is InChI=1S/C28H26N2O5/c1-18-8-11-20(12-9-18)23-17-30(28(32)29-23)22-7-5-6-21(16-22)24(31)13-10-19-14-25(33-2)27(35-4)26(15-19)34-3/h5-17H,1-4H3,(H,29,32). The predicted molar refractivity (Wildman–Crippen MR) is 136 cm³/mol. The number of nitrogens with one attached hydrogen (secondary N) is 1. The number of imidazole rings is 1. The van der Waals surface area contributed by atoms with Gasteiger partial charge in [-0.05, 0) is 48.4 Å². The predicted octanol–water partition coefficient (Wildman–Crippen LogP) is 5.06. The van der Waals surface area contributed by atoms with Crippen LogP contribution < -0.4 is 19.9 Å². The first-order valence-corrected chi connectivity index (χ1v) is 10.9. The van der Waals surface area contributed by atoms with Crippen LogP contribution in [0.3, 0.4) is 0 Å². The number of benzene rings is 3. The van der Waals surface area contributed by atoms with Gasteiger partial charge in [0.05, 0.1) is 32.7 Å². The highest BCUT2D eigenvalue weighted by molar-refractivity contribution is 6.07. The number of rotatable bonds is 8. The molecule has 0 aliphatic heterocycles. The summed E-state index contributed by atoms with van der Waals surface area (Å²) in [6.45, 7) is 2.01. The number of nitrogens with zero attached hydrogens (tertiary/aromatic N) is 1. The van der Waals surface area contributed by atoms with Crippen LogP contribution in [0.15, 0.2) is 77.7 Å². The van der Waals surface area contributed by atoms with Gasteiger partial charge in [0.2, 0.25) is 5.75 Å². The minimum absolute atomic E-state index is 0.206. The molecule has 0 saturated heterocycles. The number of carbonyl (C=O) groups excluding carboxylic acids is 1. The maximum atomic E-state index is 12.9. The van der Waals surface area contributed by atoms with E-state index >= 15 is 0 Å². The Balaban J connectivity index is 1.60. The third kappa shape index (κ3) is 5.04. The van der Waals surface area contributed by atoms with Gasteiger partial charge in [-0.1, -0.05) is 48.0 Å². The number of aromatic nitrogens is 2. The van der Waals surface area contributed by atoms with E-state index in [1.165, 1.54) is 32.0 Å². The van der Waals surface area contributed by atoms with Crippen LogP contribution in [0, 0.1) is 6.92 Å². The molecule has 4 aromatic rings. The highest BCUT2D eigenvalue weighted by atomic mass is 16.5. The van der Waals surface area contributed by atoms with E-state index in [0.717, 1.165) is 11.1 Å². The molecule has 178 valence electrons. The normalized spacial score (nSPS) is 11.0. The molecule has 0 atom stereocenters. The fourth-order valence-electron chi connectivity index (χ4n) is 3.74. The summed E-state index contributed by atoms with van der Waals surface area (Å²) in [5.41, 5.74) is 4.24. The maximum absolute atomic E-state index is 12.9. The van der Waals surface area contributed by atoms with E-state index in [1.54, 1.807) is 48.7 Å². The largest absolute Gasteiger partial charge is 0.493 e. The molecule has 0 unspecified atom stereocenters. The lowest BCUT2D eigenvalue weighted by Gasteiger charge is -2.12. The number of carbonyl (C=O) groups is 1. The molecule has 0 amide bonds. The fraction of sp³-hybridized carbons (Fsp3) is 0.143. The van der Waals surface area contributed by atoms with E-state index in [2.05, 4.69) is 4.98 Å². The van der Waals surface area contributed by atoms with Gasteiger partial charge in [-0.25, -0.2) is 4.79 Å². The zero-order valence-corrected chi connectivity index (χ0v) is 20.0. The first-order chi connectivity index (χ1) is 16.9. The number of allylic oxidation sites excluding steroid dienone is 1. The Hall–Kier alpha value is -4.52. The average molecular weight is 471 g/mol. The molecule has 3 aromatic carbocycles. The molecule has 0 bridgehead atoms. The van der Waals surface area contributed by atoms with Crippen LogP contribution in [-0.2, 0) is 0 Å². The van der Waals surface area contributed by atoms with Crippen molar-refractivity contribution in [2.24, 2.45) is 0 Å². The molecule has 0 radical (unpaired) electrons. The van der Waals surface area contributed by atoms with E-state index in [1.807, 2.05) is 31.2 Å². The minimum atomic E-state index is -0.280. The van der Waals surface area contributed by atoms with Gasteiger partial charge in [0.15, 0.2) is 17.3 Å². The summed E-state index contributed by atoms with van der Waals surface area (Å²) < 4.78 is 17.6. The fourth-order valence-corrected chi connectivity index (χ4v) is 3.74. The van der Waals surface area contributed by atoms with Gasteiger partial charge < -0.3 is 19.2 Å². The van der Waals surface area contributed by atoms with Gasteiger partial charge in [0, 0.05) is 11.8 Å². The average Bonchev–Trinajstić information content (AvgIpc) is 3.28. The van der Waals surface area contributed by atoms with Gasteiger partial charge >= 0.3 is 5.69 Å². The zero-order valence-electron chi connectivity index (χ0n) is 20.0. The number of aryl methyl sites for hydroxylation is 1. The number of H-pyrrole nitrogens is 1. The Labute approximate surface area is 203 Å². The third-order valence-electron chi connectivity index (χ3n) is 5.60. The first kappa shape index (κ1) is 23.6. The minimum Gasteiger partial charge on any atom is -0.493 e. The monoisotopic (exact) mass is 470 g/mol. The summed E-state index contributed by atoms with van der Waals surface area (Å²) in [6.07, 6.45) is 4.89. The molecule has 1 heterocycles.